The van der Waals surface area contributed by atoms with Gasteiger partial charge in [-0.2, -0.15) is 0 Å². The van der Waals surface area contributed by atoms with Gasteiger partial charge in [-0.15, -0.1) is 8.58 Å². The quantitative estimate of drug-likeness (QED) is 0.422. The Morgan fingerprint density at radius 1 is 1.18 bits per heavy atom. The van der Waals surface area contributed by atoms with Crippen LogP contribution < -0.4 is 0 Å². The average Bonchev–Trinajstić information content (AvgIpc) is 2.29. The van der Waals surface area contributed by atoms with Crippen molar-refractivity contribution in [2.24, 2.45) is 17.3 Å². The molecule has 0 aromatic rings. The minimum absolute atomic E-state index is 0.655. The van der Waals surface area contributed by atoms with Crippen LogP contribution in [0.4, 0.5) is 0 Å². The molecule has 1 heteroatoms. The third-order valence-electron chi connectivity index (χ3n) is 5.08. The zero-order valence-corrected chi connectivity index (χ0v) is 13.7. The number of unbranched alkanes of at least 4 members (excludes halogenated alkanes) is 1. The van der Waals surface area contributed by atoms with Crippen molar-refractivity contribution in [2.45, 2.75) is 78.8 Å². The van der Waals surface area contributed by atoms with E-state index in [1.165, 1.54) is 53.3 Å². The van der Waals surface area contributed by atoms with Crippen molar-refractivity contribution >= 4 is 8.58 Å². The van der Waals surface area contributed by atoms with Crippen molar-refractivity contribution in [3.8, 4) is 0 Å². The van der Waals surface area contributed by atoms with Crippen molar-refractivity contribution < 1.29 is 0 Å². The van der Waals surface area contributed by atoms with E-state index in [1.807, 2.05) is 0 Å². The summed E-state index contributed by atoms with van der Waals surface area (Å²) in [5.74, 6) is 1.72. The maximum atomic E-state index is 2.46. The monoisotopic (exact) mass is 256 g/mol. The van der Waals surface area contributed by atoms with Gasteiger partial charge in [0.05, 0.1) is 0 Å². The minimum atomic E-state index is 0.655. The van der Waals surface area contributed by atoms with Gasteiger partial charge in [0, 0.05) is 0 Å². The van der Waals surface area contributed by atoms with E-state index in [9.17, 15) is 0 Å². The molecule has 0 radical (unpaired) electrons. The molecule has 2 unspecified atom stereocenters. The molecule has 1 aliphatic rings. The third kappa shape index (κ3) is 3.95. The lowest BCUT2D eigenvalue weighted by Gasteiger charge is -2.47. The summed E-state index contributed by atoms with van der Waals surface area (Å²) in [5.41, 5.74) is 1.71. The van der Waals surface area contributed by atoms with Gasteiger partial charge in [0.1, 0.15) is 0 Å². The van der Waals surface area contributed by atoms with E-state index in [1.54, 1.807) is 0 Å². The van der Waals surface area contributed by atoms with E-state index in [0.29, 0.717) is 5.41 Å². The zero-order valence-electron chi connectivity index (χ0n) is 12.7. The van der Waals surface area contributed by atoms with Gasteiger partial charge in [0.15, 0.2) is 0 Å². The van der Waals surface area contributed by atoms with Crippen LogP contribution in [-0.4, -0.2) is 11.8 Å². The van der Waals surface area contributed by atoms with E-state index in [2.05, 4.69) is 34.6 Å². The van der Waals surface area contributed by atoms with Crippen LogP contribution in [-0.2, 0) is 0 Å². The largest absolute Gasteiger partial charge is 0.119 e. The number of hydrogen-bond donors (Lipinski definition) is 0. The highest BCUT2D eigenvalue weighted by Gasteiger charge is 2.40. The second-order valence-corrected chi connectivity index (χ2v) is 8.37. The molecule has 0 spiro atoms. The van der Waals surface area contributed by atoms with Crippen LogP contribution in [0.15, 0.2) is 0 Å². The molecule has 1 saturated carbocycles. The van der Waals surface area contributed by atoms with Crippen molar-refractivity contribution in [3.05, 3.63) is 0 Å². The second-order valence-electron chi connectivity index (χ2n) is 6.64. The van der Waals surface area contributed by atoms with Crippen LogP contribution >= 0.6 is 8.58 Å². The molecule has 0 aromatic heterocycles. The average molecular weight is 256 g/mol. The molecule has 2 atom stereocenters. The summed E-state index contributed by atoms with van der Waals surface area (Å²) >= 11 is 0. The first kappa shape index (κ1) is 15.5. The van der Waals surface area contributed by atoms with Gasteiger partial charge in [-0.05, 0) is 54.8 Å². The van der Waals surface area contributed by atoms with Gasteiger partial charge in [-0.3, -0.25) is 0 Å². The van der Waals surface area contributed by atoms with Crippen molar-refractivity contribution in [3.63, 3.8) is 0 Å². The van der Waals surface area contributed by atoms with Crippen molar-refractivity contribution in [1.82, 2.24) is 0 Å². The van der Waals surface area contributed by atoms with Crippen LogP contribution in [0.2, 0.25) is 0 Å². The molecule has 0 aliphatic heterocycles. The predicted molar refractivity (Wildman–Crippen MR) is 82.5 cm³/mol. The Labute approximate surface area is 111 Å². The lowest BCUT2D eigenvalue weighted by atomic mass is 9.61. The Balaban J connectivity index is 2.56. The summed E-state index contributed by atoms with van der Waals surface area (Å²) in [7, 11) is 1.24. The van der Waals surface area contributed by atoms with Crippen molar-refractivity contribution in [2.75, 3.05) is 6.16 Å². The lowest BCUT2D eigenvalue weighted by Crippen LogP contribution is -2.39. The van der Waals surface area contributed by atoms with Crippen LogP contribution in [0.3, 0.4) is 0 Å². The highest BCUT2D eigenvalue weighted by Crippen LogP contribution is 2.51. The first-order valence-electron chi connectivity index (χ1n) is 7.76. The van der Waals surface area contributed by atoms with Gasteiger partial charge in [0.25, 0.3) is 0 Å². The SMILES string of the molecule is CCCCPC1CCCC(C(C)C)(C(C)C)C1. The van der Waals surface area contributed by atoms with Gasteiger partial charge in [-0.25, -0.2) is 0 Å². The molecule has 0 amide bonds. The summed E-state index contributed by atoms with van der Waals surface area (Å²) in [5, 5.41) is 0. The molecule has 1 fully saturated rings. The van der Waals surface area contributed by atoms with Crippen LogP contribution in [0.1, 0.15) is 73.1 Å². The molecular formula is C16H33P. The lowest BCUT2D eigenvalue weighted by molar-refractivity contribution is 0.0613. The van der Waals surface area contributed by atoms with Gasteiger partial charge >= 0.3 is 0 Å². The summed E-state index contributed by atoms with van der Waals surface area (Å²) in [6.45, 7) is 12.1. The fourth-order valence-corrected chi connectivity index (χ4v) is 5.61. The first-order valence-corrected chi connectivity index (χ1v) is 9.04. The highest BCUT2D eigenvalue weighted by atomic mass is 31.1. The molecule has 0 bridgehead atoms. The summed E-state index contributed by atoms with van der Waals surface area (Å²) in [6, 6.07) is 0. The second kappa shape index (κ2) is 7.13. The summed E-state index contributed by atoms with van der Waals surface area (Å²) in [4.78, 5) is 0. The Morgan fingerprint density at radius 2 is 1.82 bits per heavy atom. The van der Waals surface area contributed by atoms with E-state index in [-0.39, 0.29) is 0 Å². The Hall–Kier alpha value is 0.430. The molecular weight excluding hydrogens is 223 g/mol. The molecule has 1 rings (SSSR count). The maximum Gasteiger partial charge on any atom is -0.0231 e. The normalized spacial score (nSPS) is 25.2. The van der Waals surface area contributed by atoms with E-state index >= 15 is 0 Å². The molecule has 0 nitrogen and oxygen atoms in total. The topological polar surface area (TPSA) is 0 Å². The molecule has 17 heavy (non-hydrogen) atoms. The highest BCUT2D eigenvalue weighted by molar-refractivity contribution is 7.38. The fraction of sp³-hybridized carbons (Fsp3) is 1.00. The summed E-state index contributed by atoms with van der Waals surface area (Å²) in [6.07, 6.45) is 10.3. The minimum Gasteiger partial charge on any atom is -0.119 e. The van der Waals surface area contributed by atoms with Gasteiger partial charge in [-0.1, -0.05) is 47.5 Å². The summed E-state index contributed by atoms with van der Waals surface area (Å²) < 4.78 is 0. The Morgan fingerprint density at radius 3 is 2.35 bits per heavy atom. The predicted octanol–water partition coefficient (Wildman–Crippen LogP) is 5.71. The molecule has 0 N–H and O–H groups in total. The molecule has 0 saturated heterocycles. The molecule has 0 aromatic carbocycles. The van der Waals surface area contributed by atoms with E-state index < -0.39 is 0 Å². The Bertz CT molecular complexity index is 200. The number of rotatable bonds is 6. The standard InChI is InChI=1S/C16H33P/c1-6-7-11-17-15-9-8-10-16(12-15,13(2)3)14(4)5/h13-15,17H,6-12H2,1-5H3. The van der Waals surface area contributed by atoms with Crippen LogP contribution in [0.5, 0.6) is 0 Å². The first-order chi connectivity index (χ1) is 8.03. The molecule has 1 aliphatic carbocycles. The van der Waals surface area contributed by atoms with E-state index in [4.69, 9.17) is 0 Å². The zero-order chi connectivity index (χ0) is 12.9. The van der Waals surface area contributed by atoms with Gasteiger partial charge < -0.3 is 0 Å². The van der Waals surface area contributed by atoms with Crippen molar-refractivity contribution in [1.29, 1.82) is 0 Å². The molecule has 102 valence electrons. The van der Waals surface area contributed by atoms with Crippen LogP contribution in [0.25, 0.3) is 0 Å². The fourth-order valence-electron chi connectivity index (χ4n) is 3.71. The Kier molecular flexibility index (Phi) is 6.49. The van der Waals surface area contributed by atoms with Crippen LogP contribution in [0, 0.1) is 17.3 Å². The smallest absolute Gasteiger partial charge is 0.0231 e. The van der Waals surface area contributed by atoms with E-state index in [0.717, 1.165) is 17.5 Å². The third-order valence-corrected chi connectivity index (χ3v) is 6.80. The molecule has 0 heterocycles. The van der Waals surface area contributed by atoms with Gasteiger partial charge in [0.2, 0.25) is 0 Å². The maximum absolute atomic E-state index is 2.46. The number of hydrogen-bond acceptors (Lipinski definition) is 0.